The fraction of sp³-hybridized carbons (Fsp3) is 0.182. The zero-order valence-corrected chi connectivity index (χ0v) is 10.7. The molecule has 1 N–H and O–H groups in total. The first-order chi connectivity index (χ1) is 7.90. The molecule has 90 valence electrons. The van der Waals surface area contributed by atoms with Crippen molar-refractivity contribution in [2.75, 3.05) is 0 Å². The summed E-state index contributed by atoms with van der Waals surface area (Å²) in [6.45, 7) is 5.14. The van der Waals surface area contributed by atoms with Crippen LogP contribution in [0.4, 0.5) is 0 Å². The van der Waals surface area contributed by atoms with E-state index in [1.165, 1.54) is 24.3 Å². The number of nitriles is 1. The maximum atomic E-state index is 11.9. The van der Waals surface area contributed by atoms with Crippen LogP contribution in [0.25, 0.3) is 0 Å². The Morgan fingerprint density at radius 2 is 2.24 bits per heavy atom. The molecule has 1 aromatic carbocycles. The third-order valence-electron chi connectivity index (χ3n) is 2.05. The fourth-order valence-electron chi connectivity index (χ4n) is 1.14. The maximum Gasteiger partial charge on any atom is 0.242 e. The molecule has 0 saturated heterocycles. The van der Waals surface area contributed by atoms with Crippen LogP contribution in [0.1, 0.15) is 12.5 Å². The molecule has 0 aliphatic rings. The number of nitrogens with zero attached hydrogens (tertiary/aromatic N) is 1. The summed E-state index contributed by atoms with van der Waals surface area (Å²) in [4.78, 5) is -0.0492. The van der Waals surface area contributed by atoms with Crippen LogP contribution in [-0.2, 0) is 10.0 Å². The molecule has 0 bridgehead atoms. The van der Waals surface area contributed by atoms with E-state index in [1.807, 2.05) is 6.07 Å². The molecule has 6 heteroatoms. The SMILES string of the molecule is C=CC(C)NS(=O)(=O)c1ccc(C#N)cc1Cl. The first kappa shape index (κ1) is 13.7. The molecule has 1 unspecified atom stereocenters. The molecule has 0 spiro atoms. The Balaban J connectivity index is 3.17. The van der Waals surface area contributed by atoms with Gasteiger partial charge in [-0.15, -0.1) is 6.58 Å². The number of benzene rings is 1. The molecule has 0 aliphatic carbocycles. The third-order valence-corrected chi connectivity index (χ3v) is 4.09. The van der Waals surface area contributed by atoms with E-state index < -0.39 is 16.1 Å². The lowest BCUT2D eigenvalue weighted by atomic mass is 10.2. The predicted octanol–water partition coefficient (Wildman–Crippen LogP) is 2.06. The summed E-state index contributed by atoms with van der Waals surface area (Å²) in [5.74, 6) is 0. The summed E-state index contributed by atoms with van der Waals surface area (Å²) in [7, 11) is -3.69. The van der Waals surface area contributed by atoms with Crippen molar-refractivity contribution in [1.82, 2.24) is 4.72 Å². The monoisotopic (exact) mass is 270 g/mol. The molecule has 4 nitrogen and oxygen atoms in total. The second-order valence-corrected chi connectivity index (χ2v) is 5.49. The zero-order chi connectivity index (χ0) is 13.1. The van der Waals surface area contributed by atoms with Crippen molar-refractivity contribution in [3.05, 3.63) is 41.4 Å². The fourth-order valence-corrected chi connectivity index (χ4v) is 2.91. The molecular weight excluding hydrogens is 260 g/mol. The summed E-state index contributed by atoms with van der Waals surface area (Å²) in [6.07, 6.45) is 1.47. The summed E-state index contributed by atoms with van der Waals surface area (Å²) in [5, 5.41) is 8.67. The molecule has 0 aromatic heterocycles. The molecule has 0 radical (unpaired) electrons. The Hall–Kier alpha value is -1.35. The minimum absolute atomic E-state index is 0.0211. The average Bonchev–Trinajstić information content (AvgIpc) is 2.27. The van der Waals surface area contributed by atoms with E-state index in [4.69, 9.17) is 16.9 Å². The van der Waals surface area contributed by atoms with Gasteiger partial charge in [-0.2, -0.15) is 5.26 Å². The standard InChI is InChI=1S/C11H11ClN2O2S/c1-3-8(2)14-17(15,16)11-5-4-9(7-13)6-10(11)12/h3-6,8,14H,1H2,2H3. The summed E-state index contributed by atoms with van der Waals surface area (Å²) in [6, 6.07) is 5.51. The molecule has 1 aromatic rings. The van der Waals surface area contributed by atoms with Crippen LogP contribution in [0.5, 0.6) is 0 Å². The lowest BCUT2D eigenvalue weighted by Crippen LogP contribution is -2.31. The van der Waals surface area contributed by atoms with E-state index in [0.29, 0.717) is 5.56 Å². The smallest absolute Gasteiger partial charge is 0.207 e. The Morgan fingerprint density at radius 3 is 2.71 bits per heavy atom. The van der Waals surface area contributed by atoms with Gasteiger partial charge in [0, 0.05) is 6.04 Å². The van der Waals surface area contributed by atoms with Crippen LogP contribution in [0, 0.1) is 11.3 Å². The van der Waals surface area contributed by atoms with Crippen molar-refractivity contribution >= 4 is 21.6 Å². The van der Waals surface area contributed by atoms with Crippen LogP contribution < -0.4 is 4.72 Å². The van der Waals surface area contributed by atoms with Gasteiger partial charge in [-0.1, -0.05) is 17.7 Å². The van der Waals surface area contributed by atoms with Crippen LogP contribution in [0.15, 0.2) is 35.7 Å². The highest BCUT2D eigenvalue weighted by Gasteiger charge is 2.19. The molecule has 0 heterocycles. The normalized spacial score (nSPS) is 12.8. The lowest BCUT2D eigenvalue weighted by Gasteiger charge is -2.11. The van der Waals surface area contributed by atoms with Crippen LogP contribution in [-0.4, -0.2) is 14.5 Å². The van der Waals surface area contributed by atoms with E-state index in [9.17, 15) is 8.42 Å². The average molecular weight is 271 g/mol. The second kappa shape index (κ2) is 5.32. The van der Waals surface area contributed by atoms with Crippen LogP contribution in [0.3, 0.4) is 0 Å². The molecule has 0 fully saturated rings. The molecule has 0 amide bonds. The first-order valence-corrected chi connectivity index (χ1v) is 6.61. The van der Waals surface area contributed by atoms with Crippen molar-refractivity contribution < 1.29 is 8.42 Å². The highest BCUT2D eigenvalue weighted by Crippen LogP contribution is 2.22. The molecule has 0 aliphatic heterocycles. The van der Waals surface area contributed by atoms with E-state index >= 15 is 0 Å². The lowest BCUT2D eigenvalue weighted by molar-refractivity contribution is 0.576. The number of rotatable bonds is 4. The molecule has 1 rings (SSSR count). The Morgan fingerprint density at radius 1 is 1.59 bits per heavy atom. The Kier molecular flexibility index (Phi) is 4.29. The van der Waals surface area contributed by atoms with Crippen LogP contribution >= 0.6 is 11.6 Å². The number of hydrogen-bond donors (Lipinski definition) is 1. The Bertz CT molecular complexity index is 576. The molecule has 1 atom stereocenters. The van der Waals surface area contributed by atoms with Crippen molar-refractivity contribution in [1.29, 1.82) is 5.26 Å². The molecule has 0 saturated carbocycles. The van der Waals surface area contributed by atoms with E-state index in [1.54, 1.807) is 6.92 Å². The van der Waals surface area contributed by atoms with Gasteiger partial charge in [-0.25, -0.2) is 13.1 Å². The van der Waals surface area contributed by atoms with Crippen LogP contribution in [0.2, 0.25) is 5.02 Å². The van der Waals surface area contributed by atoms with Crippen molar-refractivity contribution in [2.24, 2.45) is 0 Å². The minimum atomic E-state index is -3.69. The maximum absolute atomic E-state index is 11.9. The van der Waals surface area contributed by atoms with E-state index in [0.717, 1.165) is 0 Å². The molecular formula is C11H11ClN2O2S. The molecule has 17 heavy (non-hydrogen) atoms. The van der Waals surface area contributed by atoms with Crippen molar-refractivity contribution in [3.63, 3.8) is 0 Å². The second-order valence-electron chi connectivity index (χ2n) is 3.40. The van der Waals surface area contributed by atoms with Crippen molar-refractivity contribution in [2.45, 2.75) is 17.9 Å². The van der Waals surface area contributed by atoms with Gasteiger partial charge in [0.25, 0.3) is 0 Å². The first-order valence-electron chi connectivity index (χ1n) is 4.75. The summed E-state index contributed by atoms with van der Waals surface area (Å²) in [5.41, 5.74) is 0.311. The van der Waals surface area contributed by atoms with Gasteiger partial charge in [0.2, 0.25) is 10.0 Å². The number of nitrogens with one attached hydrogen (secondary N) is 1. The van der Waals surface area contributed by atoms with Crippen molar-refractivity contribution in [3.8, 4) is 6.07 Å². The van der Waals surface area contributed by atoms with E-state index in [2.05, 4.69) is 11.3 Å². The highest BCUT2D eigenvalue weighted by atomic mass is 35.5. The van der Waals surface area contributed by atoms with Gasteiger partial charge in [0.05, 0.1) is 16.7 Å². The quantitative estimate of drug-likeness (QED) is 0.852. The summed E-state index contributed by atoms with van der Waals surface area (Å²) < 4.78 is 26.2. The highest BCUT2D eigenvalue weighted by molar-refractivity contribution is 7.89. The van der Waals surface area contributed by atoms with Gasteiger partial charge in [0.1, 0.15) is 4.90 Å². The number of hydrogen-bond acceptors (Lipinski definition) is 3. The third kappa shape index (κ3) is 3.30. The Labute approximate surface area is 106 Å². The predicted molar refractivity (Wildman–Crippen MR) is 66.1 cm³/mol. The number of halogens is 1. The zero-order valence-electron chi connectivity index (χ0n) is 9.14. The minimum Gasteiger partial charge on any atom is -0.207 e. The van der Waals surface area contributed by atoms with E-state index in [-0.39, 0.29) is 9.92 Å². The van der Waals surface area contributed by atoms with Gasteiger partial charge in [-0.05, 0) is 25.1 Å². The topological polar surface area (TPSA) is 70.0 Å². The largest absolute Gasteiger partial charge is 0.242 e. The van der Waals surface area contributed by atoms with Gasteiger partial charge in [0.15, 0.2) is 0 Å². The van der Waals surface area contributed by atoms with Gasteiger partial charge in [-0.3, -0.25) is 0 Å². The summed E-state index contributed by atoms with van der Waals surface area (Å²) >= 11 is 5.82. The number of sulfonamides is 1. The van der Waals surface area contributed by atoms with Gasteiger partial charge < -0.3 is 0 Å². The van der Waals surface area contributed by atoms with Gasteiger partial charge >= 0.3 is 0 Å².